The smallest absolute Gasteiger partial charge is 0.253 e. The first-order valence-corrected chi connectivity index (χ1v) is 7.92. The van der Waals surface area contributed by atoms with Crippen LogP contribution >= 0.6 is 11.3 Å². The number of hydrogen-bond donors (Lipinski definition) is 1. The number of nitrogens with one attached hydrogen (secondary N) is 1. The Balaban J connectivity index is 1.70. The molecule has 2 aliphatic heterocycles. The first-order chi connectivity index (χ1) is 10.1. The van der Waals surface area contributed by atoms with Gasteiger partial charge in [0.05, 0.1) is 35.0 Å². The molecule has 0 spiro atoms. The number of fused-ring (bicyclic) bond motifs is 2. The van der Waals surface area contributed by atoms with Gasteiger partial charge in [-0.25, -0.2) is 9.97 Å². The summed E-state index contributed by atoms with van der Waals surface area (Å²) in [6.45, 7) is 6.43. The minimum Gasteiger partial charge on any atom is -0.351 e. The van der Waals surface area contributed by atoms with Gasteiger partial charge in [0, 0.05) is 17.8 Å². The monoisotopic (exact) mass is 300 g/mol. The molecule has 1 amide bonds. The number of carbonyl (C=O) groups is 1. The van der Waals surface area contributed by atoms with E-state index in [9.17, 15) is 4.79 Å². The Kier molecular flexibility index (Phi) is 2.75. The van der Waals surface area contributed by atoms with Crippen molar-refractivity contribution in [2.24, 2.45) is 0 Å². The van der Waals surface area contributed by atoms with Crippen LogP contribution in [0.2, 0.25) is 0 Å². The van der Waals surface area contributed by atoms with Crippen LogP contribution in [0.1, 0.15) is 37.2 Å². The molecule has 2 aliphatic rings. The van der Waals surface area contributed by atoms with Crippen LogP contribution in [-0.4, -0.2) is 22.4 Å². The maximum atomic E-state index is 11.7. The highest BCUT2D eigenvalue weighted by Gasteiger charge is 2.26. The van der Waals surface area contributed by atoms with Gasteiger partial charge in [-0.3, -0.25) is 4.79 Å². The fourth-order valence-electron chi connectivity index (χ4n) is 3.06. The normalized spacial score (nSPS) is 16.7. The molecule has 1 N–H and O–H groups in total. The highest BCUT2D eigenvalue weighted by molar-refractivity contribution is 7.11. The van der Waals surface area contributed by atoms with Crippen LogP contribution in [0.15, 0.2) is 6.07 Å². The average molecular weight is 300 g/mol. The summed E-state index contributed by atoms with van der Waals surface area (Å²) in [4.78, 5) is 24.7. The number of aromatic nitrogens is 2. The summed E-state index contributed by atoms with van der Waals surface area (Å²) >= 11 is 1.77. The summed E-state index contributed by atoms with van der Waals surface area (Å²) in [5.74, 6) is 0.994. The van der Waals surface area contributed by atoms with Crippen molar-refractivity contribution < 1.29 is 4.79 Å². The molecule has 0 unspecified atom stereocenters. The van der Waals surface area contributed by atoms with Crippen LogP contribution < -0.4 is 10.2 Å². The number of thiazole rings is 1. The van der Waals surface area contributed by atoms with Crippen molar-refractivity contribution in [1.29, 1.82) is 0 Å². The molecule has 0 aliphatic carbocycles. The molecule has 0 fully saturated rings. The Bertz CT molecular complexity index is 752. The minimum absolute atomic E-state index is 0.00818. The van der Waals surface area contributed by atoms with Crippen LogP contribution in [0.4, 0.5) is 5.82 Å². The molecule has 0 bridgehead atoms. The van der Waals surface area contributed by atoms with E-state index < -0.39 is 0 Å². The predicted octanol–water partition coefficient (Wildman–Crippen LogP) is 1.96. The van der Waals surface area contributed by atoms with Gasteiger partial charge in [-0.05, 0) is 25.5 Å². The van der Waals surface area contributed by atoms with Crippen molar-refractivity contribution in [3.63, 3.8) is 0 Å². The van der Waals surface area contributed by atoms with Crippen LogP contribution in [0.5, 0.6) is 0 Å². The lowest BCUT2D eigenvalue weighted by molar-refractivity contribution is 0.0965. The molecule has 0 saturated heterocycles. The zero-order valence-electron chi connectivity index (χ0n) is 12.1. The molecule has 0 saturated carbocycles. The highest BCUT2D eigenvalue weighted by atomic mass is 32.1. The molecule has 0 atom stereocenters. The topological polar surface area (TPSA) is 58.1 Å². The van der Waals surface area contributed by atoms with E-state index in [-0.39, 0.29) is 5.91 Å². The Hall–Kier alpha value is -1.95. The lowest BCUT2D eigenvalue weighted by Gasteiger charge is -2.28. The summed E-state index contributed by atoms with van der Waals surface area (Å²) in [6, 6.07) is 1.97. The quantitative estimate of drug-likeness (QED) is 0.874. The molecular formula is C15H16N4OS. The summed E-state index contributed by atoms with van der Waals surface area (Å²) in [7, 11) is 0. The maximum Gasteiger partial charge on any atom is 0.253 e. The van der Waals surface area contributed by atoms with E-state index in [0.29, 0.717) is 6.54 Å². The highest BCUT2D eigenvalue weighted by Crippen LogP contribution is 2.30. The van der Waals surface area contributed by atoms with Crippen molar-refractivity contribution in [2.45, 2.75) is 33.4 Å². The maximum absolute atomic E-state index is 11.7. The minimum atomic E-state index is -0.00818. The molecule has 4 heterocycles. The van der Waals surface area contributed by atoms with E-state index in [1.807, 2.05) is 13.0 Å². The molecule has 2 aromatic rings. The molecular weight excluding hydrogens is 284 g/mol. The van der Waals surface area contributed by atoms with Gasteiger partial charge in [0.25, 0.3) is 5.91 Å². The molecule has 0 aromatic carbocycles. The number of carbonyl (C=O) groups excluding carboxylic acids is 1. The second kappa shape index (κ2) is 4.53. The number of anilines is 1. The van der Waals surface area contributed by atoms with Crippen molar-refractivity contribution >= 4 is 23.1 Å². The van der Waals surface area contributed by atoms with Crippen molar-refractivity contribution in [1.82, 2.24) is 15.3 Å². The third kappa shape index (κ3) is 2.01. The number of pyridine rings is 1. The lowest BCUT2D eigenvalue weighted by Crippen LogP contribution is -2.31. The zero-order chi connectivity index (χ0) is 14.6. The molecule has 21 heavy (non-hydrogen) atoms. The van der Waals surface area contributed by atoms with Crippen LogP contribution in [0.3, 0.4) is 0 Å². The van der Waals surface area contributed by atoms with E-state index in [4.69, 9.17) is 4.98 Å². The van der Waals surface area contributed by atoms with E-state index in [0.717, 1.165) is 47.2 Å². The van der Waals surface area contributed by atoms with E-state index in [2.05, 4.69) is 22.1 Å². The second-order valence-electron chi connectivity index (χ2n) is 5.58. The summed E-state index contributed by atoms with van der Waals surface area (Å²) in [5.41, 5.74) is 3.90. The van der Waals surface area contributed by atoms with Crippen molar-refractivity contribution in [2.75, 3.05) is 11.4 Å². The summed E-state index contributed by atoms with van der Waals surface area (Å²) in [6.07, 6.45) is 0.967. The SMILES string of the molecule is Cc1nc2c(s1)CN(c1nc3c(cc1C)C(=O)NC3)CC2. The molecule has 2 aromatic heterocycles. The largest absolute Gasteiger partial charge is 0.351 e. The first kappa shape index (κ1) is 12.8. The standard InChI is InChI=1S/C15H16N4OS/c1-8-5-10-12(6-16-15(10)20)18-14(8)19-4-3-11-13(7-19)21-9(2)17-11/h5H,3-4,6-7H2,1-2H3,(H,16,20). The number of aryl methyl sites for hydroxylation is 2. The second-order valence-corrected chi connectivity index (χ2v) is 6.87. The van der Waals surface area contributed by atoms with Gasteiger partial charge >= 0.3 is 0 Å². The Morgan fingerprint density at radius 2 is 2.14 bits per heavy atom. The van der Waals surface area contributed by atoms with E-state index >= 15 is 0 Å². The molecule has 6 heteroatoms. The Morgan fingerprint density at radius 1 is 1.29 bits per heavy atom. The summed E-state index contributed by atoms with van der Waals surface area (Å²) in [5, 5.41) is 3.97. The third-order valence-corrected chi connectivity index (χ3v) is 5.06. The van der Waals surface area contributed by atoms with Gasteiger partial charge < -0.3 is 10.2 Å². The van der Waals surface area contributed by atoms with Crippen LogP contribution in [0.25, 0.3) is 0 Å². The number of amides is 1. The van der Waals surface area contributed by atoms with Crippen molar-refractivity contribution in [3.05, 3.63) is 38.5 Å². The number of rotatable bonds is 1. The van der Waals surface area contributed by atoms with Gasteiger partial charge in [0.2, 0.25) is 0 Å². The van der Waals surface area contributed by atoms with Crippen LogP contribution in [-0.2, 0) is 19.5 Å². The van der Waals surface area contributed by atoms with E-state index in [1.165, 1.54) is 10.6 Å². The molecule has 108 valence electrons. The summed E-state index contributed by atoms with van der Waals surface area (Å²) < 4.78 is 0. The van der Waals surface area contributed by atoms with E-state index in [1.54, 1.807) is 11.3 Å². The van der Waals surface area contributed by atoms with Gasteiger partial charge in [-0.1, -0.05) is 0 Å². The Labute approximate surface area is 127 Å². The van der Waals surface area contributed by atoms with Gasteiger partial charge in [-0.2, -0.15) is 0 Å². The average Bonchev–Trinajstić information content (AvgIpc) is 3.00. The fraction of sp³-hybridized carbons (Fsp3) is 0.400. The first-order valence-electron chi connectivity index (χ1n) is 7.10. The third-order valence-electron chi connectivity index (χ3n) is 4.06. The van der Waals surface area contributed by atoms with Gasteiger partial charge in [-0.15, -0.1) is 11.3 Å². The number of hydrogen-bond acceptors (Lipinski definition) is 5. The Morgan fingerprint density at radius 3 is 3.00 bits per heavy atom. The van der Waals surface area contributed by atoms with Crippen LogP contribution in [0, 0.1) is 13.8 Å². The van der Waals surface area contributed by atoms with Crippen molar-refractivity contribution in [3.8, 4) is 0 Å². The van der Waals surface area contributed by atoms with Gasteiger partial charge in [0.15, 0.2) is 0 Å². The predicted molar refractivity (Wildman–Crippen MR) is 81.7 cm³/mol. The lowest BCUT2D eigenvalue weighted by atomic mass is 10.1. The fourth-order valence-corrected chi connectivity index (χ4v) is 4.05. The van der Waals surface area contributed by atoms with Gasteiger partial charge in [0.1, 0.15) is 5.82 Å². The zero-order valence-corrected chi connectivity index (χ0v) is 12.9. The molecule has 0 radical (unpaired) electrons. The number of nitrogens with zero attached hydrogens (tertiary/aromatic N) is 3. The molecule has 5 nitrogen and oxygen atoms in total. The molecule has 4 rings (SSSR count).